The third-order valence-electron chi connectivity index (χ3n) is 4.50. The molecular weight excluding hydrogens is 458 g/mol. The van der Waals surface area contributed by atoms with Gasteiger partial charge in [-0.05, 0) is 62.4 Å². The van der Waals surface area contributed by atoms with Crippen molar-refractivity contribution in [1.29, 1.82) is 0 Å². The summed E-state index contributed by atoms with van der Waals surface area (Å²) in [7, 11) is -6.08. The van der Waals surface area contributed by atoms with Crippen LogP contribution in [0.1, 0.15) is 11.3 Å². The monoisotopic (exact) mass is 481 g/mol. The minimum absolute atomic E-state index is 0.0316. The number of anilines is 2. The number of rotatable bonds is 10. The number of nitrogens with one attached hydrogen (secondary N) is 2. The van der Waals surface area contributed by atoms with Gasteiger partial charge in [0.05, 0.1) is 17.7 Å². The maximum absolute atomic E-state index is 12.5. The van der Waals surface area contributed by atoms with Crippen LogP contribution in [0.4, 0.5) is 11.6 Å². The number of ether oxygens (including phenoxy) is 2. The Morgan fingerprint density at radius 2 is 1.53 bits per heavy atom. The molecule has 32 heavy (non-hydrogen) atoms. The third kappa shape index (κ3) is 5.92. The van der Waals surface area contributed by atoms with Crippen molar-refractivity contribution >= 4 is 31.6 Å². The summed E-state index contributed by atoms with van der Waals surface area (Å²) in [6.45, 7) is 3.31. The normalized spacial score (nSPS) is 11.7. The van der Waals surface area contributed by atoms with Crippen LogP contribution >= 0.6 is 0 Å². The van der Waals surface area contributed by atoms with Crippen molar-refractivity contribution in [2.45, 2.75) is 18.7 Å². The zero-order chi connectivity index (χ0) is 23.4. The van der Waals surface area contributed by atoms with Crippen molar-refractivity contribution in [3.8, 4) is 11.5 Å². The molecule has 0 bridgehead atoms. The fourth-order valence-electron chi connectivity index (χ4n) is 2.57. The molecule has 0 radical (unpaired) electrons. The molecule has 0 saturated carbocycles. The van der Waals surface area contributed by atoms with Gasteiger partial charge in [-0.25, -0.2) is 21.6 Å². The van der Waals surface area contributed by atoms with Gasteiger partial charge in [-0.1, -0.05) is 5.16 Å². The highest BCUT2D eigenvalue weighted by Crippen LogP contribution is 2.23. The maximum Gasteiger partial charge on any atom is 0.264 e. The summed E-state index contributed by atoms with van der Waals surface area (Å²) in [5.74, 6) is 0.924. The SMILES string of the molecule is COc1ccc(OCCS(=O)(=O)Nc2ccc(S(=O)(=O)Nc3onc(C)c3C)cc2)cc1. The summed E-state index contributed by atoms with van der Waals surface area (Å²) < 4.78 is 69.8. The lowest BCUT2D eigenvalue weighted by Gasteiger charge is -2.11. The van der Waals surface area contributed by atoms with Crippen molar-refractivity contribution in [3.63, 3.8) is 0 Å². The number of benzene rings is 2. The van der Waals surface area contributed by atoms with Crippen molar-refractivity contribution in [2.24, 2.45) is 0 Å². The minimum atomic E-state index is -3.92. The van der Waals surface area contributed by atoms with E-state index in [4.69, 9.17) is 14.0 Å². The molecule has 0 aliphatic rings. The Labute approximate surface area is 186 Å². The molecule has 0 aliphatic carbocycles. The fraction of sp³-hybridized carbons (Fsp3) is 0.250. The van der Waals surface area contributed by atoms with Crippen molar-refractivity contribution in [2.75, 3.05) is 28.9 Å². The first kappa shape index (κ1) is 23.4. The molecule has 0 fully saturated rings. The van der Waals surface area contributed by atoms with E-state index in [1.165, 1.54) is 24.3 Å². The van der Waals surface area contributed by atoms with E-state index in [1.807, 2.05) is 0 Å². The van der Waals surface area contributed by atoms with Crippen LogP contribution in [0.2, 0.25) is 0 Å². The van der Waals surface area contributed by atoms with Gasteiger partial charge in [0.15, 0.2) is 0 Å². The van der Waals surface area contributed by atoms with Gasteiger partial charge in [-0.15, -0.1) is 0 Å². The Hall–Kier alpha value is -3.25. The van der Waals surface area contributed by atoms with Crippen LogP contribution in [0.15, 0.2) is 57.9 Å². The summed E-state index contributed by atoms with van der Waals surface area (Å²) in [6.07, 6.45) is 0. The minimum Gasteiger partial charge on any atom is -0.497 e. The molecule has 0 atom stereocenters. The van der Waals surface area contributed by atoms with Crippen LogP contribution in [-0.2, 0) is 20.0 Å². The van der Waals surface area contributed by atoms with Crippen LogP contribution in [0.25, 0.3) is 0 Å². The average Bonchev–Trinajstić information content (AvgIpc) is 3.06. The molecule has 1 heterocycles. The molecule has 12 heteroatoms. The topological polar surface area (TPSA) is 137 Å². The number of hydrogen-bond donors (Lipinski definition) is 2. The van der Waals surface area contributed by atoms with Gasteiger partial charge in [-0.2, -0.15) is 0 Å². The second-order valence-corrected chi connectivity index (χ2v) is 10.3. The van der Waals surface area contributed by atoms with Crippen LogP contribution in [0, 0.1) is 13.8 Å². The largest absolute Gasteiger partial charge is 0.497 e. The molecule has 3 aromatic rings. The van der Waals surface area contributed by atoms with E-state index in [0.29, 0.717) is 22.8 Å². The molecule has 0 aliphatic heterocycles. The lowest BCUT2D eigenvalue weighted by molar-refractivity contribution is 0.340. The molecule has 1 aromatic heterocycles. The Kier molecular flexibility index (Phi) is 6.94. The zero-order valence-electron chi connectivity index (χ0n) is 17.7. The van der Waals surface area contributed by atoms with E-state index in [0.717, 1.165) is 0 Å². The highest BCUT2D eigenvalue weighted by Gasteiger charge is 2.19. The fourth-order valence-corrected chi connectivity index (χ4v) is 4.51. The number of methoxy groups -OCH3 is 1. The van der Waals surface area contributed by atoms with E-state index in [-0.39, 0.29) is 28.8 Å². The first-order valence-electron chi connectivity index (χ1n) is 9.43. The van der Waals surface area contributed by atoms with Gasteiger partial charge in [0.25, 0.3) is 10.0 Å². The van der Waals surface area contributed by atoms with E-state index in [1.54, 1.807) is 45.2 Å². The van der Waals surface area contributed by atoms with Crippen molar-refractivity contribution in [3.05, 3.63) is 59.8 Å². The standard InChI is InChI=1S/C20H23N3O7S2/c1-14-15(2)21-30-20(14)23-32(26,27)19-10-4-16(5-11-19)22-31(24,25)13-12-29-18-8-6-17(28-3)7-9-18/h4-11,22-23H,12-13H2,1-3H3. The molecule has 3 rings (SSSR count). The average molecular weight is 482 g/mol. The molecule has 10 nitrogen and oxygen atoms in total. The number of aryl methyl sites for hydroxylation is 1. The molecule has 0 spiro atoms. The van der Waals surface area contributed by atoms with Crippen LogP contribution in [0.5, 0.6) is 11.5 Å². The summed E-state index contributed by atoms with van der Waals surface area (Å²) in [5, 5.41) is 3.71. The summed E-state index contributed by atoms with van der Waals surface area (Å²) >= 11 is 0. The van der Waals surface area contributed by atoms with Gasteiger partial charge in [0.1, 0.15) is 23.9 Å². The molecule has 172 valence electrons. The Balaban J connectivity index is 1.58. The molecule has 2 aromatic carbocycles. The van der Waals surface area contributed by atoms with E-state index < -0.39 is 20.0 Å². The molecule has 2 N–H and O–H groups in total. The first-order valence-corrected chi connectivity index (χ1v) is 12.6. The Morgan fingerprint density at radius 1 is 0.906 bits per heavy atom. The van der Waals surface area contributed by atoms with Crippen LogP contribution < -0.4 is 18.9 Å². The summed E-state index contributed by atoms with van der Waals surface area (Å²) in [6, 6.07) is 12.0. The number of hydrogen-bond acceptors (Lipinski definition) is 8. The lowest BCUT2D eigenvalue weighted by atomic mass is 10.3. The molecular formula is C20H23N3O7S2. The summed E-state index contributed by atoms with van der Waals surface area (Å²) in [5.41, 5.74) is 1.37. The van der Waals surface area contributed by atoms with Crippen LogP contribution in [-0.4, -0.2) is 41.5 Å². The molecule has 0 saturated heterocycles. The predicted octanol–water partition coefficient (Wildman–Crippen LogP) is 2.92. The zero-order valence-corrected chi connectivity index (χ0v) is 19.3. The van der Waals surface area contributed by atoms with E-state index >= 15 is 0 Å². The molecule has 0 unspecified atom stereocenters. The Morgan fingerprint density at radius 3 is 2.09 bits per heavy atom. The molecule has 0 amide bonds. The van der Waals surface area contributed by atoms with Gasteiger partial charge >= 0.3 is 0 Å². The van der Waals surface area contributed by atoms with Gasteiger partial charge in [0, 0.05) is 11.3 Å². The smallest absolute Gasteiger partial charge is 0.264 e. The highest BCUT2D eigenvalue weighted by molar-refractivity contribution is 7.93. The van der Waals surface area contributed by atoms with Crippen molar-refractivity contribution in [1.82, 2.24) is 5.16 Å². The van der Waals surface area contributed by atoms with Gasteiger partial charge in [-0.3, -0.25) is 4.72 Å². The Bertz CT molecular complexity index is 1270. The van der Waals surface area contributed by atoms with E-state index in [9.17, 15) is 16.8 Å². The number of sulfonamides is 2. The first-order chi connectivity index (χ1) is 15.1. The number of nitrogens with zero attached hydrogens (tertiary/aromatic N) is 1. The second-order valence-electron chi connectivity index (χ2n) is 6.80. The summed E-state index contributed by atoms with van der Waals surface area (Å²) in [4.78, 5) is -0.0586. The van der Waals surface area contributed by atoms with Gasteiger partial charge in [0.2, 0.25) is 15.9 Å². The second kappa shape index (κ2) is 9.49. The van der Waals surface area contributed by atoms with Crippen molar-refractivity contribution < 1.29 is 30.8 Å². The lowest BCUT2D eigenvalue weighted by Crippen LogP contribution is -2.21. The highest BCUT2D eigenvalue weighted by atomic mass is 32.2. The van der Waals surface area contributed by atoms with Crippen LogP contribution in [0.3, 0.4) is 0 Å². The third-order valence-corrected chi connectivity index (χ3v) is 7.10. The van der Waals surface area contributed by atoms with E-state index in [2.05, 4.69) is 14.6 Å². The quantitative estimate of drug-likeness (QED) is 0.451. The predicted molar refractivity (Wildman–Crippen MR) is 119 cm³/mol. The maximum atomic E-state index is 12.5. The number of aromatic nitrogens is 1. The van der Waals surface area contributed by atoms with Gasteiger partial charge < -0.3 is 14.0 Å².